The third-order valence-corrected chi connectivity index (χ3v) is 3.12. The van der Waals surface area contributed by atoms with E-state index in [9.17, 15) is 4.39 Å². The number of aromatic nitrogens is 2. The lowest BCUT2D eigenvalue weighted by atomic mass is 9.82. The molecule has 0 fully saturated rings. The van der Waals surface area contributed by atoms with Crippen molar-refractivity contribution in [3.63, 3.8) is 0 Å². The molecule has 0 bridgehead atoms. The van der Waals surface area contributed by atoms with Gasteiger partial charge in [-0.15, -0.1) is 10.2 Å². The summed E-state index contributed by atoms with van der Waals surface area (Å²) < 4.78 is 13.5. The molecule has 1 atom stereocenters. The van der Waals surface area contributed by atoms with E-state index in [1.807, 2.05) is 12.1 Å². The van der Waals surface area contributed by atoms with Crippen LogP contribution in [0.3, 0.4) is 0 Å². The van der Waals surface area contributed by atoms with E-state index in [1.165, 1.54) is 12.1 Å². The minimum atomic E-state index is -0.269. The quantitative estimate of drug-likeness (QED) is 0.933. The second kappa shape index (κ2) is 5.88. The van der Waals surface area contributed by atoms with E-state index in [-0.39, 0.29) is 23.0 Å². The summed E-state index contributed by atoms with van der Waals surface area (Å²) in [6, 6.07) is 11.6. The monoisotopic (exact) mass is 284 g/mol. The van der Waals surface area contributed by atoms with Crippen LogP contribution in [0.4, 0.5) is 10.2 Å². The first kappa shape index (κ1) is 14.9. The second-order valence-electron chi connectivity index (χ2n) is 5.91. The predicted octanol–water partition coefficient (Wildman–Crippen LogP) is 3.69. The highest BCUT2D eigenvalue weighted by molar-refractivity contribution is 5.40. The van der Waals surface area contributed by atoms with Gasteiger partial charge in [-0.2, -0.15) is 5.26 Å². The van der Waals surface area contributed by atoms with E-state index in [4.69, 9.17) is 5.26 Å². The maximum absolute atomic E-state index is 13.5. The number of hydrogen-bond acceptors (Lipinski definition) is 4. The van der Waals surface area contributed by atoms with Crippen molar-refractivity contribution >= 4 is 5.82 Å². The maximum Gasteiger partial charge on any atom is 0.163 e. The molecule has 1 unspecified atom stereocenters. The first-order valence-electron chi connectivity index (χ1n) is 6.66. The summed E-state index contributed by atoms with van der Waals surface area (Å²) >= 11 is 0. The molecule has 1 heterocycles. The molecule has 1 aromatic carbocycles. The summed E-state index contributed by atoms with van der Waals surface area (Å²) in [5.41, 5.74) is 0.955. The van der Waals surface area contributed by atoms with E-state index in [0.29, 0.717) is 5.82 Å². The Morgan fingerprint density at radius 1 is 1.19 bits per heavy atom. The molecule has 0 saturated carbocycles. The summed E-state index contributed by atoms with van der Waals surface area (Å²) in [5.74, 6) is 0.285. The zero-order valence-corrected chi connectivity index (χ0v) is 12.3. The molecular weight excluding hydrogens is 267 g/mol. The molecule has 108 valence electrons. The van der Waals surface area contributed by atoms with Crippen molar-refractivity contribution in [2.45, 2.75) is 26.8 Å². The normalized spacial score (nSPS) is 12.5. The van der Waals surface area contributed by atoms with E-state index >= 15 is 0 Å². The van der Waals surface area contributed by atoms with Crippen molar-refractivity contribution in [2.24, 2.45) is 5.41 Å². The molecule has 0 saturated heterocycles. The summed E-state index contributed by atoms with van der Waals surface area (Å²) in [7, 11) is 0. The molecule has 0 spiro atoms. The Hall–Kier alpha value is -2.48. The number of nitrogens with zero attached hydrogens (tertiary/aromatic N) is 3. The number of hydrogen-bond donors (Lipinski definition) is 1. The van der Waals surface area contributed by atoms with Crippen LogP contribution in [0.15, 0.2) is 36.4 Å². The number of benzene rings is 1. The van der Waals surface area contributed by atoms with Gasteiger partial charge in [-0.25, -0.2) is 4.39 Å². The molecule has 0 amide bonds. The molecule has 2 rings (SSSR count). The van der Waals surface area contributed by atoms with Gasteiger partial charge in [0.05, 0.1) is 6.04 Å². The Labute approximate surface area is 123 Å². The van der Waals surface area contributed by atoms with Crippen LogP contribution in [0, 0.1) is 22.6 Å². The van der Waals surface area contributed by atoms with Gasteiger partial charge < -0.3 is 5.32 Å². The van der Waals surface area contributed by atoms with Crippen LogP contribution in [0.2, 0.25) is 0 Å². The van der Waals surface area contributed by atoms with Crippen molar-refractivity contribution in [1.29, 1.82) is 5.26 Å². The first-order valence-corrected chi connectivity index (χ1v) is 6.66. The largest absolute Gasteiger partial charge is 0.361 e. The van der Waals surface area contributed by atoms with Gasteiger partial charge in [0, 0.05) is 0 Å². The van der Waals surface area contributed by atoms with Crippen LogP contribution < -0.4 is 5.32 Å². The van der Waals surface area contributed by atoms with E-state index in [0.717, 1.165) is 5.56 Å². The fourth-order valence-corrected chi connectivity index (χ4v) is 2.10. The van der Waals surface area contributed by atoms with E-state index in [2.05, 4.69) is 36.3 Å². The van der Waals surface area contributed by atoms with Gasteiger partial charge in [0.25, 0.3) is 0 Å². The molecule has 0 aliphatic rings. The predicted molar refractivity (Wildman–Crippen MR) is 79.0 cm³/mol. The molecule has 5 heteroatoms. The van der Waals surface area contributed by atoms with Gasteiger partial charge in [-0.05, 0) is 35.2 Å². The maximum atomic E-state index is 13.5. The number of halogens is 1. The van der Waals surface area contributed by atoms with Crippen molar-refractivity contribution in [3.8, 4) is 6.07 Å². The van der Waals surface area contributed by atoms with Gasteiger partial charge in [0.1, 0.15) is 17.7 Å². The minimum Gasteiger partial charge on any atom is -0.361 e. The van der Waals surface area contributed by atoms with Gasteiger partial charge in [-0.3, -0.25) is 0 Å². The molecule has 0 aliphatic heterocycles. The first-order chi connectivity index (χ1) is 9.90. The number of rotatable bonds is 3. The topological polar surface area (TPSA) is 61.6 Å². The van der Waals surface area contributed by atoms with Crippen molar-refractivity contribution < 1.29 is 4.39 Å². The lowest BCUT2D eigenvalue weighted by Crippen LogP contribution is -2.26. The Bertz CT molecular complexity index is 653. The average Bonchev–Trinajstić information content (AvgIpc) is 2.44. The second-order valence-corrected chi connectivity index (χ2v) is 5.91. The molecule has 4 nitrogen and oxygen atoms in total. The van der Waals surface area contributed by atoms with Gasteiger partial charge in [0.2, 0.25) is 0 Å². The lowest BCUT2D eigenvalue weighted by Gasteiger charge is -2.32. The summed E-state index contributed by atoms with van der Waals surface area (Å²) in [5, 5.41) is 19.8. The molecule has 2 aromatic rings. The Morgan fingerprint density at radius 2 is 1.95 bits per heavy atom. The van der Waals surface area contributed by atoms with Crippen LogP contribution >= 0.6 is 0 Å². The van der Waals surface area contributed by atoms with Gasteiger partial charge >= 0.3 is 0 Å². The molecule has 1 N–H and O–H groups in total. The number of nitriles is 1. The number of anilines is 1. The van der Waals surface area contributed by atoms with Crippen LogP contribution in [0.25, 0.3) is 0 Å². The van der Waals surface area contributed by atoms with Gasteiger partial charge in [0.15, 0.2) is 5.69 Å². The smallest absolute Gasteiger partial charge is 0.163 e. The molecule has 1 aromatic heterocycles. The minimum absolute atomic E-state index is 0.129. The zero-order chi connectivity index (χ0) is 15.5. The van der Waals surface area contributed by atoms with E-state index < -0.39 is 0 Å². The van der Waals surface area contributed by atoms with Crippen molar-refractivity contribution in [1.82, 2.24) is 10.2 Å². The van der Waals surface area contributed by atoms with Crippen LogP contribution in [0.1, 0.15) is 38.1 Å². The number of nitrogens with one attached hydrogen (secondary N) is 1. The summed E-state index contributed by atoms with van der Waals surface area (Å²) in [6.45, 7) is 6.19. The lowest BCUT2D eigenvalue weighted by molar-refractivity contribution is 0.346. The fourth-order valence-electron chi connectivity index (χ4n) is 2.10. The molecule has 0 aliphatic carbocycles. The standard InChI is InChI=1S/C16H17FN4/c1-16(2,3)15(11-5-4-6-12(17)9-11)19-14-8-7-13(10-18)20-21-14/h4-9,15H,1-3H3,(H,19,21). The van der Waals surface area contributed by atoms with Crippen LogP contribution in [-0.2, 0) is 0 Å². The fraction of sp³-hybridized carbons (Fsp3) is 0.312. The van der Waals surface area contributed by atoms with Gasteiger partial charge in [-0.1, -0.05) is 32.9 Å². The third kappa shape index (κ3) is 3.76. The van der Waals surface area contributed by atoms with Crippen molar-refractivity contribution in [3.05, 3.63) is 53.5 Å². The zero-order valence-electron chi connectivity index (χ0n) is 12.3. The Balaban J connectivity index is 2.31. The van der Waals surface area contributed by atoms with Crippen LogP contribution in [0.5, 0.6) is 0 Å². The van der Waals surface area contributed by atoms with Crippen molar-refractivity contribution in [2.75, 3.05) is 5.32 Å². The Kier molecular flexibility index (Phi) is 4.18. The third-order valence-electron chi connectivity index (χ3n) is 3.12. The molecule has 0 radical (unpaired) electrons. The highest BCUT2D eigenvalue weighted by Crippen LogP contribution is 2.35. The highest BCUT2D eigenvalue weighted by atomic mass is 19.1. The summed E-state index contributed by atoms with van der Waals surface area (Å²) in [6.07, 6.45) is 0. The van der Waals surface area contributed by atoms with E-state index in [1.54, 1.807) is 18.2 Å². The van der Waals surface area contributed by atoms with Crippen LogP contribution in [-0.4, -0.2) is 10.2 Å². The highest BCUT2D eigenvalue weighted by Gasteiger charge is 2.27. The molecule has 21 heavy (non-hydrogen) atoms. The Morgan fingerprint density at radius 3 is 2.48 bits per heavy atom. The SMILES string of the molecule is CC(C)(C)C(Nc1ccc(C#N)nn1)c1cccc(F)c1. The average molecular weight is 284 g/mol. The summed E-state index contributed by atoms with van der Waals surface area (Å²) in [4.78, 5) is 0. The molecular formula is C16H17FN4.